The molecule has 5 amide bonds. The Morgan fingerprint density at radius 3 is 2.07 bits per heavy atom. The summed E-state index contributed by atoms with van der Waals surface area (Å²) >= 11 is 1.49. The molecule has 0 saturated carbocycles. The van der Waals surface area contributed by atoms with E-state index in [1.165, 1.54) is 35.8 Å². The summed E-state index contributed by atoms with van der Waals surface area (Å²) in [6.07, 6.45) is 2.74. The number of carbonyl (C=O) groups excluding carboxylic acids is 7. The minimum absolute atomic E-state index is 0.0444. The molecule has 0 aliphatic carbocycles. The van der Waals surface area contributed by atoms with Gasteiger partial charge in [-0.2, -0.15) is 0 Å². The number of carboxylic acids is 1. The Kier molecular flexibility index (Phi) is 24.6. The lowest BCUT2D eigenvalue weighted by Crippen LogP contribution is -2.54. The molecule has 3 rings (SSSR count). The van der Waals surface area contributed by atoms with Crippen LogP contribution in [0.5, 0.6) is 0 Å². The van der Waals surface area contributed by atoms with Crippen molar-refractivity contribution in [2.45, 2.75) is 168 Å². The first-order valence-electron chi connectivity index (χ1n) is 25.3. The minimum atomic E-state index is -1.05. The van der Waals surface area contributed by atoms with Gasteiger partial charge in [0.2, 0.25) is 29.5 Å². The van der Waals surface area contributed by atoms with Crippen LogP contribution in [0.2, 0.25) is 0 Å². The summed E-state index contributed by atoms with van der Waals surface area (Å²) in [5, 5.41) is 9.70. The fourth-order valence-corrected chi connectivity index (χ4v) is 11.4. The van der Waals surface area contributed by atoms with Crippen molar-refractivity contribution in [3.63, 3.8) is 0 Å². The molecule has 0 radical (unpaired) electrons. The van der Waals surface area contributed by atoms with Gasteiger partial charge in [0.05, 0.1) is 47.9 Å². The van der Waals surface area contributed by atoms with Gasteiger partial charge in [0.15, 0.2) is 5.78 Å². The van der Waals surface area contributed by atoms with E-state index in [4.69, 9.17) is 9.47 Å². The molecule has 388 valence electrons. The number of benzene rings is 1. The van der Waals surface area contributed by atoms with Gasteiger partial charge in [-0.15, -0.1) is 11.8 Å². The number of likely N-dealkylation sites (tertiary alicyclic amines) is 2. The van der Waals surface area contributed by atoms with E-state index in [-0.39, 0.29) is 103 Å². The van der Waals surface area contributed by atoms with Crippen molar-refractivity contribution in [3.8, 4) is 0 Å². The van der Waals surface area contributed by atoms with Crippen LogP contribution in [0.1, 0.15) is 132 Å². The number of Topliss-reactive ketones (excluding diaryl/α,β-unsaturated/α-hetero) is 2. The van der Waals surface area contributed by atoms with Crippen LogP contribution in [0.15, 0.2) is 30.3 Å². The van der Waals surface area contributed by atoms with Crippen LogP contribution >= 0.6 is 11.8 Å². The molecular weight excluding hydrogens is 901 g/mol. The maximum absolute atomic E-state index is 14.7. The van der Waals surface area contributed by atoms with Crippen LogP contribution in [0.25, 0.3) is 0 Å². The Bertz CT molecular complexity index is 1880. The van der Waals surface area contributed by atoms with Crippen molar-refractivity contribution < 1.29 is 52.9 Å². The van der Waals surface area contributed by atoms with E-state index < -0.39 is 54.1 Å². The molecule has 1 N–H and O–H groups in total. The monoisotopic (exact) mass is 985 g/mol. The fraction of sp³-hybridized carbons (Fsp3) is 0.736. The summed E-state index contributed by atoms with van der Waals surface area (Å²) in [5.41, 5.74) is 0.829. The Labute approximate surface area is 416 Å². The van der Waals surface area contributed by atoms with Gasteiger partial charge in [-0.05, 0) is 61.2 Å². The highest BCUT2D eigenvalue weighted by Crippen LogP contribution is 2.32. The number of hydrogen-bond donors (Lipinski definition) is 1. The molecule has 1 aromatic carbocycles. The van der Waals surface area contributed by atoms with Crippen LogP contribution < -0.4 is 0 Å². The second-order valence-corrected chi connectivity index (χ2v) is 21.5. The van der Waals surface area contributed by atoms with E-state index in [2.05, 4.69) is 0 Å². The number of rotatable bonds is 31. The lowest BCUT2D eigenvalue weighted by molar-refractivity contribution is -0.150. The van der Waals surface area contributed by atoms with Crippen molar-refractivity contribution in [3.05, 3.63) is 35.9 Å². The van der Waals surface area contributed by atoms with Crippen LogP contribution in [0, 0.1) is 35.5 Å². The van der Waals surface area contributed by atoms with Crippen LogP contribution in [0.4, 0.5) is 0 Å². The first-order valence-corrected chi connectivity index (χ1v) is 26.3. The maximum atomic E-state index is 14.7. The zero-order valence-electron chi connectivity index (χ0n) is 43.6. The normalized spacial score (nSPS) is 19.8. The second-order valence-electron chi connectivity index (χ2n) is 20.0. The zero-order chi connectivity index (χ0) is 51.7. The predicted octanol–water partition coefficient (Wildman–Crippen LogP) is 6.96. The molecule has 69 heavy (non-hydrogen) atoms. The number of carboxylic acid groups (broad SMARTS) is 1. The molecule has 0 bridgehead atoms. The van der Waals surface area contributed by atoms with Gasteiger partial charge >= 0.3 is 5.97 Å². The molecule has 2 fully saturated rings. The van der Waals surface area contributed by atoms with Gasteiger partial charge in [0.25, 0.3) is 0 Å². The Balaban J connectivity index is 1.69. The number of aliphatic carboxylic acids is 1. The van der Waals surface area contributed by atoms with Crippen molar-refractivity contribution >= 4 is 58.8 Å². The number of likely N-dealkylation sites (N-methyl/N-ethyl adjacent to an activating group) is 2. The SMILES string of the molecule is CCSC1CC(=O)N(CCCCCC(=O)N(C)[C@H](C(=O)C[C@H](C(=O)N(C)[C@@H]([C@@H](C)CC)[C@@H](CC(=O)N2CCC[C@H]2[C@H](OC)[C@@H](C)C(=O)C[C@@H](Cc2ccccc2)C(=O)O)OC)C(C)C)C(C)C)C1=O. The molecule has 2 aliphatic rings. The average molecular weight is 985 g/mol. The summed E-state index contributed by atoms with van der Waals surface area (Å²) < 4.78 is 12.0. The Hall–Kier alpha value is -4.15. The number of methoxy groups -OCH3 is 2. The molecular formula is C53H84N4O11S. The molecule has 2 saturated heterocycles. The number of imide groups is 1. The van der Waals surface area contributed by atoms with Gasteiger partial charge in [-0.1, -0.05) is 98.6 Å². The van der Waals surface area contributed by atoms with Crippen molar-refractivity contribution in [1.82, 2.24) is 19.6 Å². The van der Waals surface area contributed by atoms with E-state index in [1.807, 2.05) is 78.8 Å². The number of thioether (sulfide) groups is 1. The van der Waals surface area contributed by atoms with Crippen molar-refractivity contribution in [2.75, 3.05) is 47.2 Å². The van der Waals surface area contributed by atoms with Crippen molar-refractivity contribution in [2.24, 2.45) is 35.5 Å². The molecule has 0 spiro atoms. The lowest BCUT2D eigenvalue weighted by Gasteiger charge is -2.41. The topological polar surface area (TPSA) is 188 Å². The van der Waals surface area contributed by atoms with Gasteiger partial charge in [0.1, 0.15) is 5.78 Å². The molecule has 15 nitrogen and oxygen atoms in total. The first-order chi connectivity index (χ1) is 32.6. The number of ketones is 2. The Morgan fingerprint density at radius 1 is 0.841 bits per heavy atom. The molecule has 1 unspecified atom stereocenters. The van der Waals surface area contributed by atoms with Gasteiger partial charge in [-0.3, -0.25) is 43.3 Å². The quantitative estimate of drug-likeness (QED) is 0.0596. The molecule has 0 aromatic heterocycles. The van der Waals surface area contributed by atoms with E-state index >= 15 is 0 Å². The summed E-state index contributed by atoms with van der Waals surface area (Å²) in [6.45, 7) is 16.1. The third-order valence-electron chi connectivity index (χ3n) is 14.6. The third-order valence-corrected chi connectivity index (χ3v) is 15.7. The number of carbonyl (C=O) groups is 8. The zero-order valence-corrected chi connectivity index (χ0v) is 44.5. The highest BCUT2D eigenvalue weighted by molar-refractivity contribution is 8.00. The number of unbranched alkanes of at least 4 members (excludes halogenated alkanes) is 2. The highest BCUT2D eigenvalue weighted by Gasteiger charge is 2.44. The van der Waals surface area contributed by atoms with E-state index in [0.717, 1.165) is 11.3 Å². The van der Waals surface area contributed by atoms with E-state index in [0.29, 0.717) is 51.6 Å². The van der Waals surface area contributed by atoms with Crippen molar-refractivity contribution in [1.29, 1.82) is 0 Å². The number of amides is 5. The second kappa shape index (κ2) is 28.6. The molecule has 16 heteroatoms. The molecule has 2 heterocycles. The number of nitrogens with zero attached hydrogens (tertiary/aromatic N) is 4. The average Bonchev–Trinajstić information content (AvgIpc) is 3.90. The molecule has 2 aliphatic heterocycles. The van der Waals surface area contributed by atoms with E-state index in [1.54, 1.807) is 30.8 Å². The number of ether oxygens (including phenoxy) is 2. The summed E-state index contributed by atoms with van der Waals surface area (Å²) in [6, 6.07) is 7.49. The lowest BCUT2D eigenvalue weighted by atomic mass is 9.83. The summed E-state index contributed by atoms with van der Waals surface area (Å²) in [4.78, 5) is 114. The standard InChI is InChI=1S/C53H84N4O11S/c1-13-35(7)49(43(67-11)31-46(61)56-27-21-24-40(56)50(68-12)36(8)41(58)29-38(53(65)66)28-37-22-17-15-18-23-37)55(10)51(63)39(33(3)4)30-42(59)48(34(5)6)54(9)45(60)25-19-16-20-26-57-47(62)32-44(52(57)64)69-14-2/h15,17-18,22-23,33-36,38-40,43-44,48-50H,13-14,16,19-21,24-32H2,1-12H3,(H,65,66)/t35-,36-,38+,39-,40-,43+,44?,48-,49-,50+/m0/s1. The van der Waals surface area contributed by atoms with Gasteiger partial charge < -0.3 is 29.3 Å². The summed E-state index contributed by atoms with van der Waals surface area (Å²) in [7, 11) is 6.38. The van der Waals surface area contributed by atoms with Crippen LogP contribution in [-0.2, 0) is 54.3 Å². The van der Waals surface area contributed by atoms with Crippen LogP contribution in [0.3, 0.4) is 0 Å². The van der Waals surface area contributed by atoms with E-state index in [9.17, 15) is 43.5 Å². The predicted molar refractivity (Wildman–Crippen MR) is 268 cm³/mol. The largest absolute Gasteiger partial charge is 0.481 e. The Morgan fingerprint density at radius 2 is 1.51 bits per heavy atom. The maximum Gasteiger partial charge on any atom is 0.307 e. The minimum Gasteiger partial charge on any atom is -0.481 e. The number of hydrogen-bond acceptors (Lipinski definition) is 11. The molecule has 1 aromatic rings. The fourth-order valence-electron chi connectivity index (χ4n) is 10.4. The third kappa shape index (κ3) is 16.2. The van der Waals surface area contributed by atoms with Crippen LogP contribution in [-0.4, -0.2) is 155 Å². The molecule has 10 atom stereocenters. The van der Waals surface area contributed by atoms with Gasteiger partial charge in [0, 0.05) is 78.9 Å². The summed E-state index contributed by atoms with van der Waals surface area (Å²) in [5.74, 6) is -4.50. The van der Waals surface area contributed by atoms with Gasteiger partial charge in [-0.25, -0.2) is 0 Å². The highest BCUT2D eigenvalue weighted by atomic mass is 32.2. The first kappa shape index (κ1) is 59.2. The smallest absolute Gasteiger partial charge is 0.307 e.